The molecule has 0 spiro atoms. The van der Waals surface area contributed by atoms with E-state index in [9.17, 15) is 8.78 Å². The van der Waals surface area contributed by atoms with E-state index in [2.05, 4.69) is 4.98 Å². The molecule has 2 aromatic rings. The van der Waals surface area contributed by atoms with Gasteiger partial charge in [0.2, 0.25) is 0 Å². The quantitative estimate of drug-likeness (QED) is 0.859. The van der Waals surface area contributed by atoms with Crippen LogP contribution in [0.5, 0.6) is 0 Å². The third kappa shape index (κ3) is 2.09. The zero-order valence-electron chi connectivity index (χ0n) is 8.53. The molecule has 0 unspecified atom stereocenters. The van der Waals surface area contributed by atoms with Crippen LogP contribution in [0.2, 0.25) is 0 Å². The van der Waals surface area contributed by atoms with Gasteiger partial charge in [0.05, 0.1) is 12.0 Å². The largest absolute Gasteiger partial charge is 0.330 e. The van der Waals surface area contributed by atoms with E-state index in [1.54, 1.807) is 17.1 Å². The molecule has 1 aromatic heterocycles. The van der Waals surface area contributed by atoms with Crippen molar-refractivity contribution in [2.24, 2.45) is 5.73 Å². The van der Waals surface area contributed by atoms with Crippen molar-refractivity contribution in [1.82, 2.24) is 9.55 Å². The van der Waals surface area contributed by atoms with E-state index in [4.69, 9.17) is 5.73 Å². The summed E-state index contributed by atoms with van der Waals surface area (Å²) in [7, 11) is 0. The van der Waals surface area contributed by atoms with Crippen LogP contribution in [0.15, 0.2) is 30.7 Å². The molecule has 2 rings (SSSR count). The molecule has 0 aliphatic carbocycles. The van der Waals surface area contributed by atoms with Crippen LogP contribution in [-0.2, 0) is 6.42 Å². The summed E-state index contributed by atoms with van der Waals surface area (Å²) >= 11 is 0. The summed E-state index contributed by atoms with van der Waals surface area (Å²) in [5.74, 6) is -1.72. The van der Waals surface area contributed by atoms with E-state index in [0.717, 1.165) is 17.8 Å². The molecule has 2 N–H and O–H groups in total. The minimum absolute atomic E-state index is 0.509. The molecule has 0 bridgehead atoms. The van der Waals surface area contributed by atoms with Crippen LogP contribution in [0.25, 0.3) is 5.69 Å². The lowest BCUT2D eigenvalue weighted by atomic mass is 10.3. The standard InChI is InChI=1S/C11H11F2N3/c12-10-2-1-9(5-11(10)13)16-6-8(3-4-14)15-7-16/h1-2,5-7H,3-4,14H2. The predicted octanol–water partition coefficient (Wildman–Crippen LogP) is 1.65. The molecule has 0 atom stereocenters. The first-order valence-corrected chi connectivity index (χ1v) is 4.89. The van der Waals surface area contributed by atoms with E-state index in [-0.39, 0.29) is 0 Å². The van der Waals surface area contributed by atoms with E-state index in [1.165, 1.54) is 6.07 Å². The lowest BCUT2D eigenvalue weighted by molar-refractivity contribution is 0.508. The van der Waals surface area contributed by atoms with Gasteiger partial charge in [-0.2, -0.15) is 0 Å². The van der Waals surface area contributed by atoms with Crippen molar-refractivity contribution >= 4 is 0 Å². The number of aromatic nitrogens is 2. The Balaban J connectivity index is 2.31. The summed E-state index contributed by atoms with van der Waals surface area (Å²) in [5.41, 5.74) is 6.76. The number of imidazole rings is 1. The molecular formula is C11H11F2N3. The highest BCUT2D eigenvalue weighted by atomic mass is 19.2. The first kappa shape index (κ1) is 10.8. The summed E-state index contributed by atoms with van der Waals surface area (Å²) in [6.45, 7) is 0.509. The summed E-state index contributed by atoms with van der Waals surface area (Å²) in [5, 5.41) is 0. The number of benzene rings is 1. The van der Waals surface area contributed by atoms with Gasteiger partial charge >= 0.3 is 0 Å². The van der Waals surface area contributed by atoms with Crippen LogP contribution in [0.3, 0.4) is 0 Å². The van der Waals surface area contributed by atoms with Gasteiger partial charge < -0.3 is 10.3 Å². The molecule has 1 heterocycles. The maximum absolute atomic E-state index is 13.0. The molecule has 0 radical (unpaired) electrons. The van der Waals surface area contributed by atoms with Gasteiger partial charge in [0.15, 0.2) is 11.6 Å². The van der Waals surface area contributed by atoms with Gasteiger partial charge in [0, 0.05) is 24.4 Å². The second kappa shape index (κ2) is 4.40. The van der Waals surface area contributed by atoms with Gasteiger partial charge in [-0.05, 0) is 18.7 Å². The molecule has 0 aliphatic rings. The topological polar surface area (TPSA) is 43.8 Å². The lowest BCUT2D eigenvalue weighted by Gasteiger charge is -2.01. The van der Waals surface area contributed by atoms with Crippen molar-refractivity contribution in [1.29, 1.82) is 0 Å². The second-order valence-corrected chi connectivity index (χ2v) is 3.41. The highest BCUT2D eigenvalue weighted by Crippen LogP contribution is 2.13. The van der Waals surface area contributed by atoms with Gasteiger partial charge in [-0.15, -0.1) is 0 Å². The van der Waals surface area contributed by atoms with Gasteiger partial charge in [0.25, 0.3) is 0 Å². The van der Waals surface area contributed by atoms with Crippen LogP contribution in [0, 0.1) is 11.6 Å². The molecular weight excluding hydrogens is 212 g/mol. The predicted molar refractivity (Wildman–Crippen MR) is 56.2 cm³/mol. The summed E-state index contributed by atoms with van der Waals surface area (Å²) in [6, 6.07) is 3.71. The smallest absolute Gasteiger partial charge is 0.160 e. The molecule has 1 aromatic carbocycles. The number of nitrogens with zero attached hydrogens (tertiary/aromatic N) is 2. The Kier molecular flexibility index (Phi) is 2.96. The lowest BCUT2D eigenvalue weighted by Crippen LogP contribution is -2.02. The Morgan fingerprint density at radius 2 is 2.06 bits per heavy atom. The molecule has 5 heteroatoms. The Labute approximate surface area is 91.5 Å². The van der Waals surface area contributed by atoms with Crippen LogP contribution in [0.4, 0.5) is 8.78 Å². The molecule has 0 fully saturated rings. The van der Waals surface area contributed by atoms with Gasteiger partial charge in [-0.25, -0.2) is 13.8 Å². The van der Waals surface area contributed by atoms with Crippen LogP contribution >= 0.6 is 0 Å². The van der Waals surface area contributed by atoms with Crippen molar-refractivity contribution in [2.45, 2.75) is 6.42 Å². The highest BCUT2D eigenvalue weighted by Gasteiger charge is 2.05. The number of hydrogen-bond acceptors (Lipinski definition) is 2. The number of nitrogens with two attached hydrogens (primary N) is 1. The fourth-order valence-corrected chi connectivity index (χ4v) is 1.43. The van der Waals surface area contributed by atoms with Gasteiger partial charge in [-0.1, -0.05) is 0 Å². The maximum atomic E-state index is 13.0. The molecule has 0 saturated heterocycles. The first-order chi connectivity index (χ1) is 7.70. The Morgan fingerprint density at radius 1 is 1.25 bits per heavy atom. The van der Waals surface area contributed by atoms with E-state index < -0.39 is 11.6 Å². The maximum Gasteiger partial charge on any atom is 0.160 e. The van der Waals surface area contributed by atoms with Crippen LogP contribution in [0.1, 0.15) is 5.69 Å². The van der Waals surface area contributed by atoms with E-state index >= 15 is 0 Å². The third-order valence-electron chi connectivity index (χ3n) is 2.24. The summed E-state index contributed by atoms with van der Waals surface area (Å²) < 4.78 is 27.3. The zero-order valence-corrected chi connectivity index (χ0v) is 8.53. The summed E-state index contributed by atoms with van der Waals surface area (Å²) in [4.78, 5) is 4.10. The SMILES string of the molecule is NCCc1cn(-c2ccc(F)c(F)c2)cn1. The highest BCUT2D eigenvalue weighted by molar-refractivity contribution is 5.33. The fourth-order valence-electron chi connectivity index (χ4n) is 1.43. The minimum Gasteiger partial charge on any atom is -0.330 e. The van der Waals surface area contributed by atoms with Crippen molar-refractivity contribution in [2.75, 3.05) is 6.54 Å². The molecule has 0 amide bonds. The van der Waals surface area contributed by atoms with Crippen molar-refractivity contribution < 1.29 is 8.78 Å². The fraction of sp³-hybridized carbons (Fsp3) is 0.182. The number of rotatable bonds is 3. The Hall–Kier alpha value is -1.75. The van der Waals surface area contributed by atoms with Crippen LogP contribution < -0.4 is 5.73 Å². The van der Waals surface area contributed by atoms with Crippen molar-refractivity contribution in [3.63, 3.8) is 0 Å². The van der Waals surface area contributed by atoms with E-state index in [0.29, 0.717) is 18.7 Å². The average Bonchev–Trinajstić information content (AvgIpc) is 2.71. The van der Waals surface area contributed by atoms with Gasteiger partial charge in [-0.3, -0.25) is 0 Å². The first-order valence-electron chi connectivity index (χ1n) is 4.89. The van der Waals surface area contributed by atoms with E-state index in [1.807, 2.05) is 0 Å². The summed E-state index contributed by atoms with van der Waals surface area (Å²) in [6.07, 6.45) is 3.97. The molecule has 3 nitrogen and oxygen atoms in total. The van der Waals surface area contributed by atoms with Crippen molar-refractivity contribution in [3.05, 3.63) is 48.1 Å². The van der Waals surface area contributed by atoms with Crippen LogP contribution in [-0.4, -0.2) is 16.1 Å². The molecule has 16 heavy (non-hydrogen) atoms. The number of hydrogen-bond donors (Lipinski definition) is 1. The minimum atomic E-state index is -0.869. The zero-order chi connectivity index (χ0) is 11.5. The molecule has 0 aliphatic heterocycles. The van der Waals surface area contributed by atoms with Crippen molar-refractivity contribution in [3.8, 4) is 5.69 Å². The second-order valence-electron chi connectivity index (χ2n) is 3.41. The number of halogens is 2. The molecule has 84 valence electrons. The third-order valence-corrected chi connectivity index (χ3v) is 2.24. The monoisotopic (exact) mass is 223 g/mol. The Bertz CT molecular complexity index is 494. The Morgan fingerprint density at radius 3 is 2.75 bits per heavy atom. The molecule has 0 saturated carbocycles. The normalized spacial score (nSPS) is 10.7. The average molecular weight is 223 g/mol. The van der Waals surface area contributed by atoms with Gasteiger partial charge in [0.1, 0.15) is 0 Å².